The number of carbonyl (C=O) groups excluding carboxylic acids is 2. The molecule has 146 valence electrons. The van der Waals surface area contributed by atoms with Crippen LogP contribution in [0.4, 0.5) is 0 Å². The van der Waals surface area contributed by atoms with Gasteiger partial charge >= 0.3 is 5.97 Å². The minimum atomic E-state index is -0.601. The van der Waals surface area contributed by atoms with Crippen molar-refractivity contribution in [3.63, 3.8) is 0 Å². The smallest absolute Gasteiger partial charge is 0.328 e. The number of carbonyl (C=O) groups is 2. The summed E-state index contributed by atoms with van der Waals surface area (Å²) in [7, 11) is 1.37. The van der Waals surface area contributed by atoms with E-state index in [1.54, 1.807) is 0 Å². The van der Waals surface area contributed by atoms with Crippen molar-refractivity contribution >= 4 is 11.9 Å². The van der Waals surface area contributed by atoms with Gasteiger partial charge in [-0.15, -0.1) is 0 Å². The Hall–Kier alpha value is -2.14. The van der Waals surface area contributed by atoms with Crippen molar-refractivity contribution in [2.75, 3.05) is 13.7 Å². The van der Waals surface area contributed by atoms with E-state index in [0.29, 0.717) is 24.8 Å². The van der Waals surface area contributed by atoms with Gasteiger partial charge in [-0.1, -0.05) is 56.3 Å². The summed E-state index contributed by atoms with van der Waals surface area (Å²) in [4.78, 5) is 27.7. The maximum absolute atomic E-state index is 13.2. The predicted octanol–water partition coefficient (Wildman–Crippen LogP) is 2.56. The predicted molar refractivity (Wildman–Crippen MR) is 105 cm³/mol. The molecule has 1 N–H and O–H groups in total. The van der Waals surface area contributed by atoms with Crippen LogP contribution in [-0.4, -0.2) is 48.6 Å². The van der Waals surface area contributed by atoms with Crippen LogP contribution < -0.4 is 5.32 Å². The van der Waals surface area contributed by atoms with E-state index in [4.69, 9.17) is 4.74 Å². The summed E-state index contributed by atoms with van der Waals surface area (Å²) < 4.78 is 4.91. The van der Waals surface area contributed by atoms with Crippen LogP contribution in [-0.2, 0) is 20.7 Å². The van der Waals surface area contributed by atoms with Gasteiger partial charge in [-0.3, -0.25) is 9.69 Å². The third kappa shape index (κ3) is 4.78. The lowest BCUT2D eigenvalue weighted by molar-refractivity contribution is -0.146. The summed E-state index contributed by atoms with van der Waals surface area (Å²) in [5, 5.41) is 2.98. The minimum Gasteiger partial charge on any atom is -0.467 e. The van der Waals surface area contributed by atoms with Gasteiger partial charge in [-0.2, -0.15) is 0 Å². The van der Waals surface area contributed by atoms with Gasteiger partial charge in [0, 0.05) is 12.6 Å². The van der Waals surface area contributed by atoms with Gasteiger partial charge in [-0.05, 0) is 36.7 Å². The molecular formula is C22H30N2O3. The second-order valence-electron chi connectivity index (χ2n) is 8.06. The number of ether oxygens (including phenoxy) is 1. The lowest BCUT2D eigenvalue weighted by atomic mass is 10.00. The second-order valence-corrected chi connectivity index (χ2v) is 8.06. The molecule has 4 atom stereocenters. The number of methoxy groups -OCH3 is 1. The Labute approximate surface area is 161 Å². The van der Waals surface area contributed by atoms with Crippen LogP contribution in [0.2, 0.25) is 0 Å². The molecule has 2 aliphatic rings. The quantitative estimate of drug-likeness (QED) is 0.564. The van der Waals surface area contributed by atoms with Crippen molar-refractivity contribution in [2.24, 2.45) is 11.8 Å². The van der Waals surface area contributed by atoms with E-state index in [2.05, 4.69) is 34.5 Å². The molecule has 1 aliphatic heterocycles. The summed E-state index contributed by atoms with van der Waals surface area (Å²) >= 11 is 0. The Morgan fingerprint density at radius 1 is 1.22 bits per heavy atom. The fourth-order valence-corrected chi connectivity index (χ4v) is 4.19. The van der Waals surface area contributed by atoms with Crippen LogP contribution in [0.15, 0.2) is 42.5 Å². The summed E-state index contributed by atoms with van der Waals surface area (Å²) in [6, 6.07) is 9.51. The molecule has 0 aromatic heterocycles. The molecule has 1 aromatic rings. The summed E-state index contributed by atoms with van der Waals surface area (Å²) in [5.74, 6) is 0.357. The highest BCUT2D eigenvalue weighted by atomic mass is 16.5. The Balaban J connectivity index is 1.77. The largest absolute Gasteiger partial charge is 0.467 e. The molecule has 3 rings (SSSR count). The van der Waals surface area contributed by atoms with Crippen molar-refractivity contribution in [1.82, 2.24) is 10.2 Å². The van der Waals surface area contributed by atoms with E-state index in [0.717, 1.165) is 18.5 Å². The maximum atomic E-state index is 13.2. The van der Waals surface area contributed by atoms with E-state index in [1.807, 2.05) is 32.0 Å². The molecule has 1 amide bonds. The monoisotopic (exact) mass is 370 g/mol. The summed E-state index contributed by atoms with van der Waals surface area (Å²) in [5.41, 5.74) is 1.13. The Morgan fingerprint density at radius 2 is 1.96 bits per heavy atom. The van der Waals surface area contributed by atoms with Crippen molar-refractivity contribution < 1.29 is 14.3 Å². The van der Waals surface area contributed by atoms with Crippen LogP contribution in [0.1, 0.15) is 32.3 Å². The van der Waals surface area contributed by atoms with Gasteiger partial charge < -0.3 is 10.1 Å². The molecule has 1 aromatic carbocycles. The lowest BCUT2D eigenvalue weighted by Gasteiger charge is -2.33. The molecule has 0 saturated carbocycles. The molecule has 1 heterocycles. The van der Waals surface area contributed by atoms with Crippen LogP contribution in [0.3, 0.4) is 0 Å². The van der Waals surface area contributed by atoms with Crippen LogP contribution in [0, 0.1) is 11.8 Å². The van der Waals surface area contributed by atoms with Crippen molar-refractivity contribution in [3.05, 3.63) is 48.0 Å². The first kappa shape index (κ1) is 19.6. The topological polar surface area (TPSA) is 58.6 Å². The number of nitrogens with zero attached hydrogens (tertiary/aromatic N) is 1. The molecule has 0 spiro atoms. The average molecular weight is 370 g/mol. The van der Waals surface area contributed by atoms with E-state index < -0.39 is 6.04 Å². The maximum Gasteiger partial charge on any atom is 0.328 e. The molecule has 5 nitrogen and oxygen atoms in total. The number of nitrogens with one attached hydrogen (secondary N) is 1. The summed E-state index contributed by atoms with van der Waals surface area (Å²) in [6.45, 7) is 4.97. The third-order valence-electron chi connectivity index (χ3n) is 5.51. The fourth-order valence-electron chi connectivity index (χ4n) is 4.19. The first-order valence-electron chi connectivity index (χ1n) is 9.84. The van der Waals surface area contributed by atoms with Gasteiger partial charge in [0.05, 0.1) is 13.2 Å². The first-order chi connectivity index (χ1) is 13.0. The molecular weight excluding hydrogens is 340 g/mol. The highest BCUT2D eigenvalue weighted by molar-refractivity contribution is 5.87. The molecule has 5 heteroatoms. The number of likely N-dealkylation sites (tertiary alicyclic amines) is 1. The molecule has 2 bridgehead atoms. The van der Waals surface area contributed by atoms with Crippen molar-refractivity contribution in [2.45, 2.75) is 51.2 Å². The summed E-state index contributed by atoms with van der Waals surface area (Å²) in [6.07, 6.45) is 6.77. The van der Waals surface area contributed by atoms with Crippen LogP contribution in [0.5, 0.6) is 0 Å². The Kier molecular flexibility index (Phi) is 6.32. The minimum absolute atomic E-state index is 0.0872. The Bertz CT molecular complexity index is 686. The zero-order chi connectivity index (χ0) is 19.4. The van der Waals surface area contributed by atoms with Crippen molar-refractivity contribution in [1.29, 1.82) is 0 Å². The number of hydrogen-bond donors (Lipinski definition) is 1. The molecule has 1 saturated heterocycles. The zero-order valence-electron chi connectivity index (χ0n) is 16.4. The van der Waals surface area contributed by atoms with Crippen LogP contribution >= 0.6 is 0 Å². The van der Waals surface area contributed by atoms with Gasteiger partial charge in [-0.25, -0.2) is 4.79 Å². The first-order valence-corrected chi connectivity index (χ1v) is 9.84. The number of benzene rings is 1. The number of esters is 1. The molecule has 0 unspecified atom stereocenters. The van der Waals surface area contributed by atoms with Crippen LogP contribution in [0.25, 0.3) is 0 Å². The van der Waals surface area contributed by atoms with E-state index >= 15 is 0 Å². The SMILES string of the molecule is COC(=O)[C@@H](CC(C)C)NC(=O)[C@H](Cc1ccccc1)N1C[C@H]2C=C[C@H]1C2. The number of hydrogen-bond acceptors (Lipinski definition) is 4. The third-order valence-corrected chi connectivity index (χ3v) is 5.51. The fraction of sp³-hybridized carbons (Fsp3) is 0.545. The number of rotatable bonds is 8. The Morgan fingerprint density at radius 3 is 2.52 bits per heavy atom. The normalized spacial score (nSPS) is 23.4. The average Bonchev–Trinajstić information content (AvgIpc) is 3.28. The molecule has 1 aliphatic carbocycles. The van der Waals surface area contributed by atoms with E-state index in [9.17, 15) is 9.59 Å². The van der Waals surface area contributed by atoms with E-state index in [-0.39, 0.29) is 23.8 Å². The second kappa shape index (κ2) is 8.70. The van der Waals surface area contributed by atoms with Crippen molar-refractivity contribution in [3.8, 4) is 0 Å². The number of fused-ring (bicyclic) bond motifs is 2. The lowest BCUT2D eigenvalue weighted by Crippen LogP contribution is -2.54. The zero-order valence-corrected chi connectivity index (χ0v) is 16.4. The van der Waals surface area contributed by atoms with Gasteiger partial charge in [0.2, 0.25) is 5.91 Å². The van der Waals surface area contributed by atoms with Gasteiger partial charge in [0.1, 0.15) is 6.04 Å². The van der Waals surface area contributed by atoms with E-state index in [1.165, 1.54) is 7.11 Å². The highest BCUT2D eigenvalue weighted by Gasteiger charge is 2.41. The molecule has 27 heavy (non-hydrogen) atoms. The molecule has 0 radical (unpaired) electrons. The van der Waals surface area contributed by atoms with Gasteiger partial charge in [0.15, 0.2) is 0 Å². The molecule has 1 fully saturated rings. The standard InChI is InChI=1S/C22H30N2O3/c1-15(2)11-19(22(26)27-3)23-21(25)20(13-16-7-5-4-6-8-16)24-14-17-9-10-18(24)12-17/h4-10,15,17-20H,11-14H2,1-3H3,(H,23,25)/t17-,18-,19+,20-/m0/s1. The van der Waals surface area contributed by atoms with Gasteiger partial charge in [0.25, 0.3) is 0 Å². The number of amides is 1. The highest BCUT2D eigenvalue weighted by Crippen LogP contribution is 2.33.